The Bertz CT molecular complexity index is 1970. The van der Waals surface area contributed by atoms with Crippen LogP contribution in [0.25, 0.3) is 0 Å². The van der Waals surface area contributed by atoms with Crippen molar-refractivity contribution in [1.29, 1.82) is 0 Å². The number of nitrogens with zero attached hydrogens (tertiary/aromatic N) is 10. The molecule has 37 heteroatoms. The Morgan fingerprint density at radius 1 is 0.323 bits per heavy atom. The molecule has 99 heavy (non-hydrogen) atoms. The van der Waals surface area contributed by atoms with Crippen LogP contribution in [0.5, 0.6) is 0 Å². The van der Waals surface area contributed by atoms with E-state index in [1.807, 2.05) is 26.5 Å². The van der Waals surface area contributed by atoms with Crippen molar-refractivity contribution in [1.82, 2.24) is 49.0 Å². The van der Waals surface area contributed by atoms with Crippen LogP contribution in [0.2, 0.25) is 0 Å². The van der Waals surface area contributed by atoms with Crippen LogP contribution in [-0.2, 0) is 80.9 Å². The minimum absolute atomic E-state index is 0. The summed E-state index contributed by atoms with van der Waals surface area (Å²) in [6.07, 6.45) is -1.49. The van der Waals surface area contributed by atoms with Crippen molar-refractivity contribution < 1.29 is 202 Å². The molecule has 0 amide bonds. The van der Waals surface area contributed by atoms with Gasteiger partial charge in [-0.2, -0.15) is 0 Å². The van der Waals surface area contributed by atoms with Crippen molar-refractivity contribution in [3.63, 3.8) is 0 Å². The first kappa shape index (κ1) is 97.5. The standard InChI is InChI=1S/C62H120N10O25.2Gd/c1-5-24-90-31-35-94-49-53(50-95-36-32-91-28-25-87-2)71(41-55(73)39-63-6-10-65(43-57(75)76)14-18-69(47-61(83)84)19-15-66(11-7-63)44-58(77)78)22-23-72(54(51-96-37-33-92-29-26-88-3)52-97-38-34-93-30-27-89-4)42-56(74)40-64-8-12-67(45-59(79)80)16-20-70(48-62(85)86)21-17-68(13-9-64)46-60(81)82;;/h53-56,73-74H,5-52H2,1-4H3,(H,75,76)(H,77,78)(H,79,80)(H,81,82)(H,83,84)(H,85,86);;/q;2*+3/p-6. The molecule has 0 bridgehead atoms. The molecular formula is C62H114Gd2N10O25. The fourth-order valence-electron chi connectivity index (χ4n) is 10.8. The van der Waals surface area contributed by atoms with E-state index in [1.54, 1.807) is 50.7 Å². The van der Waals surface area contributed by atoms with Crippen molar-refractivity contribution in [3.8, 4) is 0 Å². The molecule has 2 aliphatic rings. The largest absolute Gasteiger partial charge is 3.00 e. The van der Waals surface area contributed by atoms with Crippen LogP contribution in [0.15, 0.2) is 0 Å². The zero-order chi connectivity index (χ0) is 71.3. The number of aliphatic hydroxyl groups excluding tert-OH is 2. The van der Waals surface area contributed by atoms with Gasteiger partial charge in [0.05, 0.1) is 179 Å². The number of methoxy groups -OCH3 is 3. The van der Waals surface area contributed by atoms with Crippen molar-refractivity contribution >= 4 is 35.8 Å². The zero-order valence-electron chi connectivity index (χ0n) is 58.7. The normalized spacial score (nSPS) is 17.4. The number of carboxylic acids is 6. The van der Waals surface area contributed by atoms with E-state index < -0.39 is 99.4 Å². The van der Waals surface area contributed by atoms with E-state index in [1.165, 1.54) is 0 Å². The summed E-state index contributed by atoms with van der Waals surface area (Å²) in [4.78, 5) is 89.0. The fourth-order valence-corrected chi connectivity index (χ4v) is 10.8. The van der Waals surface area contributed by atoms with Gasteiger partial charge in [0.1, 0.15) is 0 Å². The van der Waals surface area contributed by atoms with Gasteiger partial charge in [-0.25, -0.2) is 0 Å². The number of carbonyl (C=O) groups is 6. The average Bonchev–Trinajstić information content (AvgIpc) is 0.927. The number of rotatable bonds is 56. The van der Waals surface area contributed by atoms with Gasteiger partial charge in [0.2, 0.25) is 0 Å². The zero-order valence-corrected chi connectivity index (χ0v) is 63.3. The number of ether oxygens (including phenoxy) is 11. The summed E-state index contributed by atoms with van der Waals surface area (Å²) >= 11 is 0. The SMILES string of the molecule is CCCOCCOCC(COCCOCCOC)N(CCN(CC(O)CN1CCN(CC(=O)[O-])CCN(CC(=O)[O-])CCN(CC(=O)[O-])CC1)C(COCCOCCOC)COCCOCCOC)CC(O)CN1CCN(CC(=O)[O-])CCN(CC(=O)[O-])CCN(CC(=O)[O-])CC1.[Gd+3].[Gd+3]. The molecule has 2 N–H and O–H groups in total. The summed E-state index contributed by atoms with van der Waals surface area (Å²) < 4.78 is 63.5. The minimum atomic E-state index is -1.35. The van der Waals surface area contributed by atoms with E-state index in [4.69, 9.17) is 52.1 Å². The summed E-state index contributed by atoms with van der Waals surface area (Å²) in [5.74, 6) is -8.09. The van der Waals surface area contributed by atoms with E-state index in [2.05, 4.69) is 0 Å². The molecule has 0 aromatic heterocycles. The quantitative estimate of drug-likeness (QED) is 0.0534. The van der Waals surface area contributed by atoms with Crippen LogP contribution >= 0.6 is 0 Å². The number of hydrogen-bond acceptors (Lipinski definition) is 35. The van der Waals surface area contributed by atoms with Gasteiger partial charge < -0.3 is 122 Å². The van der Waals surface area contributed by atoms with E-state index in [0.717, 1.165) is 6.42 Å². The van der Waals surface area contributed by atoms with Gasteiger partial charge in [0.25, 0.3) is 0 Å². The molecule has 3 unspecified atom stereocenters. The Morgan fingerprint density at radius 3 is 0.717 bits per heavy atom. The van der Waals surface area contributed by atoms with Crippen LogP contribution in [0.4, 0.5) is 0 Å². The van der Waals surface area contributed by atoms with Crippen LogP contribution in [0, 0.1) is 79.9 Å². The molecule has 0 aromatic carbocycles. The maximum atomic E-state index is 12.5. The van der Waals surface area contributed by atoms with Gasteiger partial charge in [-0.3, -0.25) is 49.0 Å². The molecule has 578 valence electrons. The molecule has 2 aliphatic heterocycles. The molecule has 2 saturated heterocycles. The van der Waals surface area contributed by atoms with E-state index in [0.29, 0.717) is 52.9 Å². The first-order valence-corrected chi connectivity index (χ1v) is 33.6. The second kappa shape index (κ2) is 63.8. The Balaban J connectivity index is 0.0000480. The molecule has 0 aliphatic carbocycles. The molecular weight excluding hydrogens is 1600 g/mol. The van der Waals surface area contributed by atoms with Gasteiger partial charge in [-0.15, -0.1) is 0 Å². The first-order valence-electron chi connectivity index (χ1n) is 33.6. The first-order chi connectivity index (χ1) is 46.7. The van der Waals surface area contributed by atoms with Gasteiger partial charge in [0.15, 0.2) is 0 Å². The van der Waals surface area contributed by atoms with E-state index >= 15 is 0 Å². The van der Waals surface area contributed by atoms with Crippen LogP contribution in [0.3, 0.4) is 0 Å². The second-order valence-electron chi connectivity index (χ2n) is 23.8. The molecule has 2 radical (unpaired) electrons. The second-order valence-corrected chi connectivity index (χ2v) is 23.8. The third-order valence-corrected chi connectivity index (χ3v) is 15.9. The summed E-state index contributed by atoms with van der Waals surface area (Å²) in [7, 11) is 4.69. The Kier molecular flexibility index (Phi) is 62.9. The molecule has 2 fully saturated rings. The molecule has 0 saturated carbocycles. The smallest absolute Gasteiger partial charge is 0.549 e. The number of aliphatic hydroxyl groups is 2. The molecule has 35 nitrogen and oxygen atoms in total. The number of hydrogen-bond donors (Lipinski definition) is 2. The van der Waals surface area contributed by atoms with E-state index in [9.17, 15) is 69.6 Å². The van der Waals surface area contributed by atoms with Gasteiger partial charge >= 0.3 is 79.9 Å². The summed E-state index contributed by atoms with van der Waals surface area (Å²) in [5.41, 5.74) is 0. The number of carboxylic acid groups (broad SMARTS) is 6. The predicted octanol–water partition coefficient (Wildman–Crippen LogP) is -12.5. The van der Waals surface area contributed by atoms with Crippen molar-refractivity contribution in [2.45, 2.75) is 37.6 Å². The molecule has 3 atom stereocenters. The van der Waals surface area contributed by atoms with E-state index in [-0.39, 0.29) is 297 Å². The predicted molar refractivity (Wildman–Crippen MR) is 337 cm³/mol. The van der Waals surface area contributed by atoms with Crippen molar-refractivity contribution in [2.24, 2.45) is 0 Å². The van der Waals surface area contributed by atoms with Gasteiger partial charge in [-0.05, 0) is 6.42 Å². The number of β-amino-alcohol motifs (C(OH)–C–C–N with tert-alkyl or cyclic N) is 2. The monoisotopic (exact) mass is 1710 g/mol. The minimum Gasteiger partial charge on any atom is -0.549 e. The Labute approximate surface area is 649 Å². The van der Waals surface area contributed by atoms with Crippen LogP contribution in [0.1, 0.15) is 13.3 Å². The summed E-state index contributed by atoms with van der Waals surface area (Å²) in [5, 5.41) is 96.6. The maximum Gasteiger partial charge on any atom is 3.00 e. The van der Waals surface area contributed by atoms with Gasteiger partial charge in [-0.1, -0.05) is 6.92 Å². The van der Waals surface area contributed by atoms with Crippen molar-refractivity contribution in [2.75, 3.05) is 330 Å². The van der Waals surface area contributed by atoms with Gasteiger partial charge in [0, 0.05) is 211 Å². The Hall–Kier alpha value is -1.45. The number of aliphatic carboxylic acids is 6. The van der Waals surface area contributed by atoms with Crippen LogP contribution < -0.4 is 30.6 Å². The third-order valence-electron chi connectivity index (χ3n) is 15.9. The maximum absolute atomic E-state index is 12.5. The third kappa shape index (κ3) is 53.9. The topological polar surface area (TPSA) is 415 Å². The van der Waals surface area contributed by atoms with Crippen molar-refractivity contribution in [3.05, 3.63) is 0 Å². The summed E-state index contributed by atoms with van der Waals surface area (Å²) in [6, 6.07) is -1.12. The Morgan fingerprint density at radius 2 is 0.515 bits per heavy atom. The number of carbonyl (C=O) groups excluding carboxylic acids is 6. The molecule has 2 heterocycles. The molecule has 2 rings (SSSR count). The fraction of sp³-hybridized carbons (Fsp3) is 0.903. The molecule has 0 spiro atoms. The molecule has 0 aromatic rings. The average molecular weight is 1710 g/mol. The summed E-state index contributed by atoms with van der Waals surface area (Å²) in [6.45, 7) is 6.73. The van der Waals surface area contributed by atoms with Crippen LogP contribution in [-0.4, -0.2) is 449 Å².